The van der Waals surface area contributed by atoms with Gasteiger partial charge in [0, 0.05) is 13.2 Å². The van der Waals surface area contributed by atoms with E-state index >= 15 is 0 Å². The molecule has 0 aliphatic carbocycles. The molecule has 138 valence electrons. The van der Waals surface area contributed by atoms with Crippen molar-refractivity contribution in [2.75, 3.05) is 25.2 Å². The number of carbonyl (C=O) groups is 3. The van der Waals surface area contributed by atoms with Crippen LogP contribution in [-0.4, -0.2) is 66.2 Å². The Bertz CT molecular complexity index is 452. The lowest BCUT2D eigenvalue weighted by Crippen LogP contribution is -2.57. The van der Waals surface area contributed by atoms with E-state index in [2.05, 4.69) is 24.5 Å². The second-order valence-corrected chi connectivity index (χ2v) is 7.32. The SMILES string of the molecule is COC[C@H](NC(=O)[C@@H](N)CC(=O)O)C(=O)NC1C(C)CSCC1C. The minimum atomic E-state index is -1.21. The number of hydrogen-bond donors (Lipinski definition) is 4. The van der Waals surface area contributed by atoms with E-state index in [1.165, 1.54) is 7.11 Å². The monoisotopic (exact) mass is 361 g/mol. The highest BCUT2D eigenvalue weighted by Crippen LogP contribution is 2.27. The normalized spacial score (nSPS) is 26.2. The Balaban J connectivity index is 2.67. The van der Waals surface area contributed by atoms with Gasteiger partial charge < -0.3 is 26.2 Å². The molecule has 0 bridgehead atoms. The molecule has 1 heterocycles. The average Bonchev–Trinajstić information content (AvgIpc) is 2.49. The summed E-state index contributed by atoms with van der Waals surface area (Å²) >= 11 is 1.86. The third-order valence-electron chi connectivity index (χ3n) is 3.99. The molecule has 5 N–H and O–H groups in total. The van der Waals surface area contributed by atoms with Crippen molar-refractivity contribution in [3.63, 3.8) is 0 Å². The van der Waals surface area contributed by atoms with Gasteiger partial charge in [-0.25, -0.2) is 0 Å². The average molecular weight is 361 g/mol. The van der Waals surface area contributed by atoms with Gasteiger partial charge in [-0.2, -0.15) is 11.8 Å². The van der Waals surface area contributed by atoms with Gasteiger partial charge in [0.25, 0.3) is 0 Å². The molecule has 1 saturated heterocycles. The van der Waals surface area contributed by atoms with Crippen molar-refractivity contribution < 1.29 is 24.2 Å². The molecule has 1 aliphatic rings. The number of hydrogen-bond acceptors (Lipinski definition) is 6. The molecule has 1 rings (SSSR count). The van der Waals surface area contributed by atoms with Gasteiger partial charge in [0.05, 0.1) is 19.1 Å². The Kier molecular flexibility index (Phi) is 8.51. The molecule has 0 aromatic heterocycles. The lowest BCUT2D eigenvalue weighted by molar-refractivity contribution is -0.139. The molecule has 0 radical (unpaired) electrons. The van der Waals surface area contributed by atoms with Gasteiger partial charge in [-0.1, -0.05) is 13.8 Å². The number of amides is 2. The van der Waals surface area contributed by atoms with Crippen LogP contribution in [0.25, 0.3) is 0 Å². The maximum Gasteiger partial charge on any atom is 0.305 e. The quantitative estimate of drug-likeness (QED) is 0.455. The lowest BCUT2D eigenvalue weighted by Gasteiger charge is -2.35. The van der Waals surface area contributed by atoms with E-state index in [9.17, 15) is 14.4 Å². The van der Waals surface area contributed by atoms with Crippen LogP contribution in [0.3, 0.4) is 0 Å². The summed E-state index contributed by atoms with van der Waals surface area (Å²) in [6.07, 6.45) is -0.499. The molecule has 0 aromatic rings. The Morgan fingerprint density at radius 3 is 2.33 bits per heavy atom. The number of aliphatic carboxylic acids is 1. The molecule has 24 heavy (non-hydrogen) atoms. The number of thioether (sulfide) groups is 1. The number of nitrogens with one attached hydrogen (secondary N) is 2. The minimum Gasteiger partial charge on any atom is -0.481 e. The van der Waals surface area contributed by atoms with Crippen LogP contribution in [0.15, 0.2) is 0 Å². The standard InChI is InChI=1S/C15H27N3O5S/c1-8-6-24-7-9(2)13(8)18-15(22)11(5-23-3)17-14(21)10(16)4-12(19)20/h8-11,13H,4-7,16H2,1-3H3,(H,17,21)(H,18,22)(H,19,20)/t8?,9?,10-,11-,13?/m0/s1. The highest BCUT2D eigenvalue weighted by atomic mass is 32.2. The first kappa shape index (κ1) is 20.7. The summed E-state index contributed by atoms with van der Waals surface area (Å²) in [7, 11) is 1.42. The summed E-state index contributed by atoms with van der Waals surface area (Å²) in [5.74, 6) is 0.401. The second-order valence-electron chi connectivity index (χ2n) is 6.25. The minimum absolute atomic E-state index is 0.0123. The molecule has 4 atom stereocenters. The molecule has 1 aliphatic heterocycles. The molecule has 9 heteroatoms. The van der Waals surface area contributed by atoms with Crippen molar-refractivity contribution in [1.82, 2.24) is 10.6 Å². The number of carboxylic acids is 1. The van der Waals surface area contributed by atoms with Crippen molar-refractivity contribution in [3.8, 4) is 0 Å². The second kappa shape index (κ2) is 9.85. The first-order valence-electron chi connectivity index (χ1n) is 7.91. The van der Waals surface area contributed by atoms with Crippen molar-refractivity contribution >= 4 is 29.5 Å². The van der Waals surface area contributed by atoms with Crippen molar-refractivity contribution in [2.45, 2.75) is 38.4 Å². The summed E-state index contributed by atoms with van der Waals surface area (Å²) in [5.41, 5.74) is 5.52. The predicted octanol–water partition coefficient (Wildman–Crippen LogP) is -0.577. The molecule has 8 nitrogen and oxygen atoms in total. The van der Waals surface area contributed by atoms with Crippen LogP contribution in [0.1, 0.15) is 20.3 Å². The Morgan fingerprint density at radius 2 is 1.83 bits per heavy atom. The lowest BCUT2D eigenvalue weighted by atomic mass is 9.92. The molecular weight excluding hydrogens is 334 g/mol. The third kappa shape index (κ3) is 6.29. The zero-order valence-electron chi connectivity index (χ0n) is 14.3. The molecular formula is C15H27N3O5S. The maximum absolute atomic E-state index is 12.5. The molecule has 2 amide bonds. The van der Waals surface area contributed by atoms with E-state index in [1.54, 1.807) is 0 Å². The number of nitrogens with two attached hydrogens (primary N) is 1. The van der Waals surface area contributed by atoms with Gasteiger partial charge >= 0.3 is 5.97 Å². The van der Waals surface area contributed by atoms with E-state index in [0.717, 1.165) is 11.5 Å². The van der Waals surface area contributed by atoms with Gasteiger partial charge in [0.2, 0.25) is 11.8 Å². The summed E-state index contributed by atoms with van der Waals surface area (Å²) in [6.45, 7) is 4.15. The number of carbonyl (C=O) groups excluding carboxylic acids is 2. The smallest absolute Gasteiger partial charge is 0.305 e. The number of carboxylic acid groups (broad SMARTS) is 1. The van der Waals surface area contributed by atoms with E-state index in [4.69, 9.17) is 15.6 Å². The first-order valence-corrected chi connectivity index (χ1v) is 9.06. The van der Waals surface area contributed by atoms with Crippen LogP contribution in [0.2, 0.25) is 0 Å². The predicted molar refractivity (Wildman–Crippen MR) is 91.6 cm³/mol. The van der Waals surface area contributed by atoms with Crippen molar-refractivity contribution in [3.05, 3.63) is 0 Å². The van der Waals surface area contributed by atoms with E-state index in [1.807, 2.05) is 11.8 Å². The molecule has 2 unspecified atom stereocenters. The Labute approximate surface area is 146 Å². The number of rotatable bonds is 8. The topological polar surface area (TPSA) is 131 Å². The van der Waals surface area contributed by atoms with Crippen LogP contribution in [0.5, 0.6) is 0 Å². The van der Waals surface area contributed by atoms with Gasteiger partial charge in [-0.05, 0) is 23.3 Å². The van der Waals surface area contributed by atoms with Crippen LogP contribution in [0, 0.1) is 11.8 Å². The zero-order valence-corrected chi connectivity index (χ0v) is 15.1. The van der Waals surface area contributed by atoms with Crippen molar-refractivity contribution in [2.24, 2.45) is 17.6 Å². The van der Waals surface area contributed by atoms with E-state index < -0.39 is 30.4 Å². The Hall–Kier alpha value is -1.32. The molecule has 0 aromatic carbocycles. The van der Waals surface area contributed by atoms with Gasteiger partial charge in [0.1, 0.15) is 6.04 Å². The Morgan fingerprint density at radius 1 is 1.25 bits per heavy atom. The zero-order chi connectivity index (χ0) is 18.3. The van der Waals surface area contributed by atoms with Crippen LogP contribution in [0.4, 0.5) is 0 Å². The van der Waals surface area contributed by atoms with Crippen LogP contribution >= 0.6 is 11.8 Å². The first-order chi connectivity index (χ1) is 11.3. The molecule has 0 saturated carbocycles. The van der Waals surface area contributed by atoms with E-state index in [0.29, 0.717) is 11.8 Å². The van der Waals surface area contributed by atoms with E-state index in [-0.39, 0.29) is 18.6 Å². The number of methoxy groups -OCH3 is 1. The summed E-state index contributed by atoms with van der Waals surface area (Å²) in [6, 6.07) is -2.09. The number of ether oxygens (including phenoxy) is 1. The fourth-order valence-corrected chi connectivity index (χ4v) is 3.96. The van der Waals surface area contributed by atoms with Crippen LogP contribution in [-0.2, 0) is 19.1 Å². The molecule has 1 fully saturated rings. The summed E-state index contributed by atoms with van der Waals surface area (Å²) in [5, 5.41) is 14.1. The summed E-state index contributed by atoms with van der Waals surface area (Å²) < 4.78 is 4.99. The highest BCUT2D eigenvalue weighted by molar-refractivity contribution is 7.99. The van der Waals surface area contributed by atoms with Gasteiger partial charge in [0.15, 0.2) is 0 Å². The third-order valence-corrected chi connectivity index (χ3v) is 5.52. The fourth-order valence-electron chi connectivity index (χ4n) is 2.67. The largest absolute Gasteiger partial charge is 0.481 e. The van der Waals surface area contributed by atoms with Crippen LogP contribution < -0.4 is 16.4 Å². The fraction of sp³-hybridized carbons (Fsp3) is 0.800. The summed E-state index contributed by atoms with van der Waals surface area (Å²) in [4.78, 5) is 35.1. The molecule has 0 spiro atoms. The van der Waals surface area contributed by atoms with Gasteiger partial charge in [-0.15, -0.1) is 0 Å². The van der Waals surface area contributed by atoms with Gasteiger partial charge in [-0.3, -0.25) is 14.4 Å². The highest BCUT2D eigenvalue weighted by Gasteiger charge is 2.32. The van der Waals surface area contributed by atoms with Crippen molar-refractivity contribution in [1.29, 1.82) is 0 Å². The maximum atomic E-state index is 12.5.